The van der Waals surface area contributed by atoms with Crippen molar-refractivity contribution in [2.24, 2.45) is 4.99 Å². The predicted octanol–water partition coefficient (Wildman–Crippen LogP) is 4.71. The van der Waals surface area contributed by atoms with Gasteiger partial charge < -0.3 is 9.30 Å². The standard InChI is InChI=1S/C25H24N2O3S/c1-4-30-23(29)15-27-24-17(3)12-16(2)13-21(24)31-25(27)26-22(28)14-19-10-7-9-18-8-5-6-11-20(18)19/h5-13H,4,14-15H2,1-3H3. The van der Waals surface area contributed by atoms with Crippen LogP contribution in [-0.4, -0.2) is 23.1 Å². The van der Waals surface area contributed by atoms with E-state index in [-0.39, 0.29) is 24.8 Å². The summed E-state index contributed by atoms with van der Waals surface area (Å²) in [4.78, 5) is 30.1. The topological polar surface area (TPSA) is 60.7 Å². The van der Waals surface area contributed by atoms with E-state index in [9.17, 15) is 9.59 Å². The van der Waals surface area contributed by atoms with E-state index in [4.69, 9.17) is 4.74 Å². The molecule has 6 heteroatoms. The SMILES string of the molecule is CCOC(=O)Cn1c(=NC(=O)Cc2cccc3ccccc23)sc2cc(C)cc(C)c21. The number of carbonyl (C=O) groups is 2. The first-order valence-corrected chi connectivity index (χ1v) is 11.1. The minimum absolute atomic E-state index is 0.0259. The molecule has 0 saturated heterocycles. The lowest BCUT2D eigenvalue weighted by Gasteiger charge is -2.08. The molecule has 158 valence electrons. The quantitative estimate of drug-likeness (QED) is 0.429. The molecule has 0 bridgehead atoms. The van der Waals surface area contributed by atoms with Crippen molar-refractivity contribution < 1.29 is 14.3 Å². The lowest BCUT2D eigenvalue weighted by atomic mass is 10.0. The third-order valence-electron chi connectivity index (χ3n) is 5.15. The summed E-state index contributed by atoms with van der Waals surface area (Å²) in [6, 6.07) is 18.1. The van der Waals surface area contributed by atoms with Gasteiger partial charge in [-0.1, -0.05) is 59.9 Å². The molecule has 1 amide bonds. The molecular formula is C25H24N2O3S. The van der Waals surface area contributed by atoms with Gasteiger partial charge in [-0.05, 0) is 54.3 Å². The molecular weight excluding hydrogens is 408 g/mol. The normalized spacial score (nSPS) is 11.9. The zero-order valence-corrected chi connectivity index (χ0v) is 18.7. The highest BCUT2D eigenvalue weighted by molar-refractivity contribution is 7.16. The van der Waals surface area contributed by atoms with E-state index in [1.807, 2.05) is 56.3 Å². The van der Waals surface area contributed by atoms with Crippen LogP contribution in [0.3, 0.4) is 0 Å². The summed E-state index contributed by atoms with van der Waals surface area (Å²) in [5.41, 5.74) is 4.03. The van der Waals surface area contributed by atoms with Gasteiger partial charge in [-0.25, -0.2) is 0 Å². The number of aromatic nitrogens is 1. The molecule has 0 radical (unpaired) electrons. The summed E-state index contributed by atoms with van der Waals surface area (Å²) in [5.74, 6) is -0.583. The molecule has 0 atom stereocenters. The highest BCUT2D eigenvalue weighted by Gasteiger charge is 2.15. The molecule has 4 rings (SSSR count). The second kappa shape index (κ2) is 8.86. The van der Waals surface area contributed by atoms with Gasteiger partial charge in [0.25, 0.3) is 5.91 Å². The van der Waals surface area contributed by atoms with Crippen molar-refractivity contribution in [3.05, 3.63) is 76.1 Å². The summed E-state index contributed by atoms with van der Waals surface area (Å²) >= 11 is 1.42. The molecule has 4 aromatic rings. The maximum atomic E-state index is 12.9. The molecule has 0 aliphatic carbocycles. The number of amides is 1. The van der Waals surface area contributed by atoms with Gasteiger partial charge in [0.2, 0.25) is 0 Å². The number of carbonyl (C=O) groups excluding carboxylic acids is 2. The molecule has 5 nitrogen and oxygen atoms in total. The summed E-state index contributed by atoms with van der Waals surface area (Å²) in [7, 11) is 0. The summed E-state index contributed by atoms with van der Waals surface area (Å²) in [6.45, 7) is 6.15. The van der Waals surface area contributed by atoms with E-state index in [0.29, 0.717) is 11.4 Å². The number of nitrogens with zero attached hydrogens (tertiary/aromatic N) is 2. The van der Waals surface area contributed by atoms with E-state index in [1.165, 1.54) is 11.3 Å². The van der Waals surface area contributed by atoms with Gasteiger partial charge in [0.05, 0.1) is 23.2 Å². The maximum Gasteiger partial charge on any atom is 0.326 e. The lowest BCUT2D eigenvalue weighted by molar-refractivity contribution is -0.143. The minimum atomic E-state index is -0.342. The van der Waals surface area contributed by atoms with Crippen LogP contribution in [-0.2, 0) is 27.3 Å². The fourth-order valence-electron chi connectivity index (χ4n) is 3.92. The van der Waals surface area contributed by atoms with Crippen LogP contribution in [0, 0.1) is 13.8 Å². The predicted molar refractivity (Wildman–Crippen MR) is 124 cm³/mol. The number of aryl methyl sites for hydroxylation is 2. The van der Waals surface area contributed by atoms with Gasteiger partial charge in [-0.15, -0.1) is 0 Å². The second-order valence-electron chi connectivity index (χ2n) is 7.52. The molecule has 0 unspecified atom stereocenters. The number of esters is 1. The van der Waals surface area contributed by atoms with Crippen LogP contribution in [0.2, 0.25) is 0 Å². The Kier molecular flexibility index (Phi) is 6.00. The number of thiazole rings is 1. The molecule has 3 aromatic carbocycles. The van der Waals surface area contributed by atoms with Crippen LogP contribution in [0.5, 0.6) is 0 Å². The Morgan fingerprint density at radius 2 is 1.84 bits per heavy atom. The van der Waals surface area contributed by atoms with Crippen LogP contribution < -0.4 is 4.80 Å². The molecule has 1 aromatic heterocycles. The second-order valence-corrected chi connectivity index (χ2v) is 8.53. The number of benzene rings is 3. The van der Waals surface area contributed by atoms with Gasteiger partial charge in [-0.3, -0.25) is 9.59 Å². The van der Waals surface area contributed by atoms with Crippen LogP contribution in [0.4, 0.5) is 0 Å². The lowest BCUT2D eigenvalue weighted by Crippen LogP contribution is -2.23. The Balaban J connectivity index is 1.77. The average Bonchev–Trinajstić information content (AvgIpc) is 3.05. The first kappa shape index (κ1) is 21.0. The van der Waals surface area contributed by atoms with Crippen LogP contribution >= 0.6 is 11.3 Å². The molecule has 0 aliphatic rings. The van der Waals surface area contributed by atoms with Crippen molar-refractivity contribution in [1.29, 1.82) is 0 Å². The molecule has 0 spiro atoms. The Hall–Kier alpha value is -3.25. The van der Waals surface area contributed by atoms with Crippen molar-refractivity contribution in [3.63, 3.8) is 0 Å². The zero-order valence-electron chi connectivity index (χ0n) is 17.8. The maximum absolute atomic E-state index is 12.9. The summed E-state index contributed by atoms with van der Waals surface area (Å²) in [6.07, 6.45) is 0.201. The third-order valence-corrected chi connectivity index (χ3v) is 6.17. The van der Waals surface area contributed by atoms with E-state index >= 15 is 0 Å². The monoisotopic (exact) mass is 432 g/mol. The van der Waals surface area contributed by atoms with E-state index in [0.717, 1.165) is 37.7 Å². The molecule has 0 saturated carbocycles. The van der Waals surface area contributed by atoms with Crippen molar-refractivity contribution in [1.82, 2.24) is 4.57 Å². The zero-order chi connectivity index (χ0) is 22.0. The van der Waals surface area contributed by atoms with Crippen LogP contribution in [0.1, 0.15) is 23.6 Å². The van der Waals surface area contributed by atoms with Crippen molar-refractivity contribution >= 4 is 44.2 Å². The molecule has 31 heavy (non-hydrogen) atoms. The Morgan fingerprint density at radius 1 is 1.06 bits per heavy atom. The Labute approximate surface area is 184 Å². The number of rotatable bonds is 5. The average molecular weight is 433 g/mol. The largest absolute Gasteiger partial charge is 0.465 e. The van der Waals surface area contributed by atoms with Crippen LogP contribution in [0.15, 0.2) is 59.6 Å². The first-order chi connectivity index (χ1) is 15.0. The van der Waals surface area contributed by atoms with Crippen molar-refractivity contribution in [2.75, 3.05) is 6.61 Å². The van der Waals surface area contributed by atoms with Crippen LogP contribution in [0.25, 0.3) is 21.0 Å². The minimum Gasteiger partial charge on any atom is -0.465 e. The van der Waals surface area contributed by atoms with E-state index < -0.39 is 0 Å². The van der Waals surface area contributed by atoms with Gasteiger partial charge >= 0.3 is 5.97 Å². The molecule has 0 aliphatic heterocycles. The Morgan fingerprint density at radius 3 is 2.65 bits per heavy atom. The number of ether oxygens (including phenoxy) is 1. The van der Waals surface area contributed by atoms with Gasteiger partial charge in [0.1, 0.15) is 6.54 Å². The van der Waals surface area contributed by atoms with E-state index in [2.05, 4.69) is 17.1 Å². The van der Waals surface area contributed by atoms with Gasteiger partial charge in [-0.2, -0.15) is 4.99 Å². The third kappa shape index (κ3) is 4.44. The van der Waals surface area contributed by atoms with Crippen molar-refractivity contribution in [3.8, 4) is 0 Å². The van der Waals surface area contributed by atoms with Gasteiger partial charge in [0.15, 0.2) is 4.80 Å². The molecule has 0 N–H and O–H groups in total. The highest BCUT2D eigenvalue weighted by Crippen LogP contribution is 2.24. The Bertz CT molecular complexity index is 1360. The summed E-state index contributed by atoms with van der Waals surface area (Å²) < 4.78 is 7.95. The first-order valence-electron chi connectivity index (χ1n) is 10.3. The molecule has 1 heterocycles. The van der Waals surface area contributed by atoms with Gasteiger partial charge in [0, 0.05) is 0 Å². The fourth-order valence-corrected chi connectivity index (χ4v) is 5.14. The molecule has 0 fully saturated rings. The number of hydrogen-bond acceptors (Lipinski definition) is 4. The smallest absolute Gasteiger partial charge is 0.326 e. The fraction of sp³-hybridized carbons (Fsp3) is 0.240. The number of fused-ring (bicyclic) bond motifs is 2. The highest BCUT2D eigenvalue weighted by atomic mass is 32.1. The van der Waals surface area contributed by atoms with E-state index in [1.54, 1.807) is 11.5 Å². The summed E-state index contributed by atoms with van der Waals surface area (Å²) in [5, 5.41) is 2.15. The number of hydrogen-bond donors (Lipinski definition) is 0. The van der Waals surface area contributed by atoms with Crippen molar-refractivity contribution in [2.45, 2.75) is 33.7 Å².